The molecule has 0 aliphatic heterocycles. The lowest BCUT2D eigenvalue weighted by Gasteiger charge is -2.31. The fourth-order valence-electron chi connectivity index (χ4n) is 3.61. The molecule has 0 radical (unpaired) electrons. The second-order valence-electron chi connectivity index (χ2n) is 8.34. The fourth-order valence-corrected chi connectivity index (χ4v) is 4.53. The molecule has 2 amide bonds. The summed E-state index contributed by atoms with van der Waals surface area (Å²) in [7, 11) is 0. The lowest BCUT2D eigenvalue weighted by molar-refractivity contribution is -0.142. The van der Waals surface area contributed by atoms with Crippen LogP contribution in [0.1, 0.15) is 41.8 Å². The van der Waals surface area contributed by atoms with E-state index in [0.29, 0.717) is 13.1 Å². The van der Waals surface area contributed by atoms with Crippen molar-refractivity contribution in [3.05, 3.63) is 93.4 Å². The van der Waals surface area contributed by atoms with Gasteiger partial charge in [0, 0.05) is 17.5 Å². The SMILES string of the molecule is CCC(C)N(CC(=O)N(Cc1ccccc1)Cc1sccc1C)C(=O)Cc1ccc(F)cc1. The zero-order valence-corrected chi connectivity index (χ0v) is 20.3. The van der Waals surface area contributed by atoms with Gasteiger partial charge < -0.3 is 9.80 Å². The Bertz CT molecular complexity index is 1050. The van der Waals surface area contributed by atoms with E-state index < -0.39 is 0 Å². The van der Waals surface area contributed by atoms with Gasteiger partial charge in [-0.05, 0) is 60.5 Å². The second kappa shape index (κ2) is 11.8. The zero-order chi connectivity index (χ0) is 23.8. The Morgan fingerprint density at radius 1 is 0.939 bits per heavy atom. The molecule has 2 aromatic carbocycles. The average molecular weight is 467 g/mol. The van der Waals surface area contributed by atoms with E-state index >= 15 is 0 Å². The first-order valence-corrected chi connectivity index (χ1v) is 12.1. The van der Waals surface area contributed by atoms with Crippen LogP contribution >= 0.6 is 11.3 Å². The number of aryl methyl sites for hydroxylation is 1. The third-order valence-corrected chi connectivity index (χ3v) is 6.90. The summed E-state index contributed by atoms with van der Waals surface area (Å²) in [4.78, 5) is 31.3. The Morgan fingerprint density at radius 2 is 1.64 bits per heavy atom. The first-order chi connectivity index (χ1) is 15.9. The topological polar surface area (TPSA) is 40.6 Å². The highest BCUT2D eigenvalue weighted by Gasteiger charge is 2.25. The predicted molar refractivity (Wildman–Crippen MR) is 131 cm³/mol. The molecule has 0 bridgehead atoms. The zero-order valence-electron chi connectivity index (χ0n) is 19.5. The Balaban J connectivity index is 1.78. The van der Waals surface area contributed by atoms with Gasteiger partial charge in [0.25, 0.3) is 0 Å². The minimum absolute atomic E-state index is 0.0201. The van der Waals surface area contributed by atoms with Crippen molar-refractivity contribution in [3.63, 3.8) is 0 Å². The molecule has 1 unspecified atom stereocenters. The molecule has 3 aromatic rings. The average Bonchev–Trinajstić information content (AvgIpc) is 3.22. The van der Waals surface area contributed by atoms with Crippen molar-refractivity contribution in [1.82, 2.24) is 9.80 Å². The highest BCUT2D eigenvalue weighted by molar-refractivity contribution is 7.10. The number of halogens is 1. The standard InChI is InChI=1S/C27H31FN2O2S/c1-4-21(3)30(26(31)16-22-10-12-24(28)13-11-22)19-27(32)29(17-23-8-6-5-7-9-23)18-25-20(2)14-15-33-25/h5-15,21H,4,16-19H2,1-3H3. The van der Waals surface area contributed by atoms with E-state index in [1.54, 1.807) is 28.4 Å². The largest absolute Gasteiger partial charge is 0.332 e. The molecular weight excluding hydrogens is 435 g/mol. The third-order valence-electron chi connectivity index (χ3n) is 5.89. The van der Waals surface area contributed by atoms with Gasteiger partial charge in [-0.2, -0.15) is 0 Å². The second-order valence-corrected chi connectivity index (χ2v) is 9.35. The van der Waals surface area contributed by atoms with Gasteiger partial charge in [0.15, 0.2) is 0 Å². The maximum atomic E-state index is 13.5. The molecule has 0 saturated heterocycles. The Morgan fingerprint density at radius 3 is 2.24 bits per heavy atom. The fraction of sp³-hybridized carbons (Fsp3) is 0.333. The molecule has 174 valence electrons. The summed E-state index contributed by atoms with van der Waals surface area (Å²) in [5, 5.41) is 2.04. The molecule has 6 heteroatoms. The number of benzene rings is 2. The van der Waals surface area contributed by atoms with Gasteiger partial charge in [0.05, 0.1) is 13.0 Å². The molecule has 1 heterocycles. The molecule has 3 rings (SSSR count). The van der Waals surface area contributed by atoms with E-state index in [-0.39, 0.29) is 36.6 Å². The van der Waals surface area contributed by atoms with E-state index in [9.17, 15) is 14.0 Å². The van der Waals surface area contributed by atoms with Crippen LogP contribution in [-0.2, 0) is 29.1 Å². The van der Waals surface area contributed by atoms with Crippen molar-refractivity contribution in [1.29, 1.82) is 0 Å². The van der Waals surface area contributed by atoms with Gasteiger partial charge in [-0.25, -0.2) is 4.39 Å². The van der Waals surface area contributed by atoms with Crippen LogP contribution in [0.25, 0.3) is 0 Å². The predicted octanol–water partition coefficient (Wildman–Crippen LogP) is 5.59. The third kappa shape index (κ3) is 6.99. The minimum Gasteiger partial charge on any atom is -0.332 e. The summed E-state index contributed by atoms with van der Waals surface area (Å²) in [6.07, 6.45) is 0.881. The number of nitrogens with zero attached hydrogens (tertiary/aromatic N) is 2. The van der Waals surface area contributed by atoms with E-state index in [0.717, 1.165) is 28.0 Å². The molecule has 0 fully saturated rings. The summed E-state index contributed by atoms with van der Waals surface area (Å²) < 4.78 is 13.2. The summed E-state index contributed by atoms with van der Waals surface area (Å²) in [5.74, 6) is -0.545. The summed E-state index contributed by atoms with van der Waals surface area (Å²) in [6.45, 7) is 7.03. The van der Waals surface area contributed by atoms with Crippen molar-refractivity contribution in [2.45, 2.75) is 52.7 Å². The van der Waals surface area contributed by atoms with Crippen LogP contribution in [0.2, 0.25) is 0 Å². The van der Waals surface area contributed by atoms with Crippen LogP contribution in [0.3, 0.4) is 0 Å². The molecule has 0 N–H and O–H groups in total. The Kier molecular flexibility index (Phi) is 8.78. The van der Waals surface area contributed by atoms with Crippen molar-refractivity contribution in [3.8, 4) is 0 Å². The van der Waals surface area contributed by atoms with Crippen LogP contribution in [0.15, 0.2) is 66.0 Å². The van der Waals surface area contributed by atoms with Gasteiger partial charge in [0.1, 0.15) is 12.4 Å². The van der Waals surface area contributed by atoms with Crippen molar-refractivity contribution in [2.24, 2.45) is 0 Å². The lowest BCUT2D eigenvalue weighted by atomic mass is 10.1. The van der Waals surface area contributed by atoms with Crippen LogP contribution in [-0.4, -0.2) is 34.2 Å². The van der Waals surface area contributed by atoms with Gasteiger partial charge in [0.2, 0.25) is 11.8 Å². The summed E-state index contributed by atoms with van der Waals surface area (Å²) in [6, 6.07) is 17.8. The monoisotopic (exact) mass is 466 g/mol. The minimum atomic E-state index is -0.333. The molecule has 1 aromatic heterocycles. The van der Waals surface area contributed by atoms with Crippen LogP contribution < -0.4 is 0 Å². The number of carbonyl (C=O) groups is 2. The number of hydrogen-bond acceptors (Lipinski definition) is 3. The van der Waals surface area contributed by atoms with Gasteiger partial charge >= 0.3 is 0 Å². The number of thiophene rings is 1. The molecule has 0 saturated carbocycles. The van der Waals surface area contributed by atoms with E-state index in [1.807, 2.05) is 54.5 Å². The Labute approximate surface area is 199 Å². The maximum absolute atomic E-state index is 13.5. The number of hydrogen-bond donors (Lipinski definition) is 0. The highest BCUT2D eigenvalue weighted by Crippen LogP contribution is 2.20. The van der Waals surface area contributed by atoms with Crippen molar-refractivity contribution >= 4 is 23.2 Å². The molecule has 1 atom stereocenters. The first kappa shape index (κ1) is 24.6. The first-order valence-electron chi connectivity index (χ1n) is 11.3. The normalized spacial score (nSPS) is 11.8. The molecule has 0 aliphatic rings. The van der Waals surface area contributed by atoms with E-state index in [1.165, 1.54) is 12.1 Å². The highest BCUT2D eigenvalue weighted by atomic mass is 32.1. The summed E-state index contributed by atoms with van der Waals surface area (Å²) >= 11 is 1.64. The maximum Gasteiger partial charge on any atom is 0.242 e. The van der Waals surface area contributed by atoms with Crippen LogP contribution in [0, 0.1) is 12.7 Å². The molecule has 0 aliphatic carbocycles. The molecule has 33 heavy (non-hydrogen) atoms. The smallest absolute Gasteiger partial charge is 0.242 e. The van der Waals surface area contributed by atoms with Gasteiger partial charge in [-0.3, -0.25) is 9.59 Å². The van der Waals surface area contributed by atoms with Gasteiger partial charge in [-0.1, -0.05) is 49.4 Å². The number of carbonyl (C=O) groups excluding carboxylic acids is 2. The number of rotatable bonds is 10. The van der Waals surface area contributed by atoms with E-state index in [2.05, 4.69) is 13.0 Å². The van der Waals surface area contributed by atoms with Crippen molar-refractivity contribution in [2.75, 3.05) is 6.54 Å². The molecule has 4 nitrogen and oxygen atoms in total. The van der Waals surface area contributed by atoms with Gasteiger partial charge in [-0.15, -0.1) is 11.3 Å². The van der Waals surface area contributed by atoms with Crippen LogP contribution in [0.5, 0.6) is 0 Å². The Hall–Kier alpha value is -2.99. The lowest BCUT2D eigenvalue weighted by Crippen LogP contribution is -2.46. The molecule has 0 spiro atoms. The van der Waals surface area contributed by atoms with E-state index in [4.69, 9.17) is 0 Å². The number of amides is 2. The quantitative estimate of drug-likeness (QED) is 0.391. The van der Waals surface area contributed by atoms with Crippen LogP contribution in [0.4, 0.5) is 4.39 Å². The summed E-state index contributed by atoms with van der Waals surface area (Å²) in [5.41, 5.74) is 2.95. The molecular formula is C27H31FN2O2S. The van der Waals surface area contributed by atoms with Crippen molar-refractivity contribution < 1.29 is 14.0 Å².